The van der Waals surface area contributed by atoms with E-state index in [1.54, 1.807) is 0 Å². The van der Waals surface area contributed by atoms with Gasteiger partial charge in [0.2, 0.25) is 0 Å². The standard InChI is InChI=1S/C11H17NO/c1-8-2-7-11(13-8)10(12)6-5-9-3-4-9/h2,7,9-10H,3-6,12H2,1H3. The summed E-state index contributed by atoms with van der Waals surface area (Å²) in [5.41, 5.74) is 5.99. The van der Waals surface area contributed by atoms with Gasteiger partial charge in [-0.1, -0.05) is 12.8 Å². The van der Waals surface area contributed by atoms with Crippen molar-refractivity contribution in [3.63, 3.8) is 0 Å². The second kappa shape index (κ2) is 3.54. The van der Waals surface area contributed by atoms with Crippen LogP contribution < -0.4 is 5.73 Å². The predicted molar refractivity (Wildman–Crippen MR) is 52.3 cm³/mol. The lowest BCUT2D eigenvalue weighted by atomic mass is 10.1. The topological polar surface area (TPSA) is 39.2 Å². The fraction of sp³-hybridized carbons (Fsp3) is 0.636. The Morgan fingerprint density at radius 1 is 1.54 bits per heavy atom. The fourth-order valence-corrected chi connectivity index (χ4v) is 1.62. The van der Waals surface area contributed by atoms with Gasteiger partial charge in [0.25, 0.3) is 0 Å². The maximum absolute atomic E-state index is 5.99. The van der Waals surface area contributed by atoms with Crippen LogP contribution >= 0.6 is 0 Å². The Balaban J connectivity index is 1.84. The van der Waals surface area contributed by atoms with E-state index in [4.69, 9.17) is 10.2 Å². The van der Waals surface area contributed by atoms with Crippen molar-refractivity contribution < 1.29 is 4.42 Å². The average Bonchev–Trinajstić information content (AvgIpc) is 2.84. The second-order valence-electron chi connectivity index (χ2n) is 4.08. The van der Waals surface area contributed by atoms with Crippen molar-refractivity contribution in [2.75, 3.05) is 0 Å². The summed E-state index contributed by atoms with van der Waals surface area (Å²) >= 11 is 0. The summed E-state index contributed by atoms with van der Waals surface area (Å²) < 4.78 is 5.47. The minimum absolute atomic E-state index is 0.106. The van der Waals surface area contributed by atoms with Crippen LogP contribution in [0.5, 0.6) is 0 Å². The second-order valence-corrected chi connectivity index (χ2v) is 4.08. The first-order valence-electron chi connectivity index (χ1n) is 5.07. The Morgan fingerprint density at radius 2 is 2.31 bits per heavy atom. The van der Waals surface area contributed by atoms with Crippen molar-refractivity contribution in [3.05, 3.63) is 23.7 Å². The minimum Gasteiger partial charge on any atom is -0.465 e. The molecule has 1 unspecified atom stereocenters. The van der Waals surface area contributed by atoms with Gasteiger partial charge in [-0.3, -0.25) is 0 Å². The van der Waals surface area contributed by atoms with Crippen LogP contribution in [0.2, 0.25) is 0 Å². The Kier molecular flexibility index (Phi) is 2.40. The van der Waals surface area contributed by atoms with E-state index in [9.17, 15) is 0 Å². The SMILES string of the molecule is Cc1ccc(C(N)CCC2CC2)o1. The molecule has 0 aromatic carbocycles. The summed E-state index contributed by atoms with van der Waals surface area (Å²) in [5, 5.41) is 0. The third kappa shape index (κ3) is 2.34. The van der Waals surface area contributed by atoms with Crippen molar-refractivity contribution in [2.24, 2.45) is 11.7 Å². The maximum atomic E-state index is 5.99. The molecule has 1 atom stereocenters. The summed E-state index contributed by atoms with van der Waals surface area (Å²) in [5.74, 6) is 2.86. The fourth-order valence-electron chi connectivity index (χ4n) is 1.62. The van der Waals surface area contributed by atoms with Gasteiger partial charge < -0.3 is 10.2 Å². The first kappa shape index (κ1) is 8.82. The third-order valence-corrected chi connectivity index (χ3v) is 2.71. The first-order chi connectivity index (χ1) is 6.25. The number of rotatable bonds is 4. The van der Waals surface area contributed by atoms with Gasteiger partial charge in [0.05, 0.1) is 6.04 Å². The van der Waals surface area contributed by atoms with Crippen LogP contribution in [0.1, 0.15) is 43.2 Å². The molecule has 0 spiro atoms. The van der Waals surface area contributed by atoms with Gasteiger partial charge in [0.1, 0.15) is 11.5 Å². The van der Waals surface area contributed by atoms with E-state index in [2.05, 4.69) is 0 Å². The number of nitrogens with two attached hydrogens (primary N) is 1. The Morgan fingerprint density at radius 3 is 2.85 bits per heavy atom. The third-order valence-electron chi connectivity index (χ3n) is 2.71. The van der Waals surface area contributed by atoms with Crippen LogP contribution in [-0.2, 0) is 0 Å². The molecule has 0 saturated heterocycles. The molecule has 0 amide bonds. The Labute approximate surface area is 79.1 Å². The van der Waals surface area contributed by atoms with Gasteiger partial charge in [-0.15, -0.1) is 0 Å². The van der Waals surface area contributed by atoms with E-state index in [1.807, 2.05) is 19.1 Å². The van der Waals surface area contributed by atoms with Crippen molar-refractivity contribution in [1.82, 2.24) is 0 Å². The van der Waals surface area contributed by atoms with E-state index >= 15 is 0 Å². The van der Waals surface area contributed by atoms with Crippen LogP contribution in [0.25, 0.3) is 0 Å². The molecule has 2 N–H and O–H groups in total. The summed E-state index contributed by atoms with van der Waals surface area (Å²) in [7, 11) is 0. The van der Waals surface area contributed by atoms with Crippen LogP contribution in [-0.4, -0.2) is 0 Å². The normalized spacial score (nSPS) is 18.9. The summed E-state index contributed by atoms with van der Waals surface area (Å²) in [6.45, 7) is 1.96. The molecule has 0 aliphatic heterocycles. The highest BCUT2D eigenvalue weighted by atomic mass is 16.3. The van der Waals surface area contributed by atoms with Crippen molar-refractivity contribution in [1.29, 1.82) is 0 Å². The molecule has 1 aromatic rings. The largest absolute Gasteiger partial charge is 0.465 e. The minimum atomic E-state index is 0.106. The molecule has 1 heterocycles. The molecule has 1 aliphatic rings. The number of aryl methyl sites for hydroxylation is 1. The molecule has 0 radical (unpaired) electrons. The average molecular weight is 179 g/mol. The van der Waals surface area contributed by atoms with Crippen LogP contribution in [0, 0.1) is 12.8 Å². The van der Waals surface area contributed by atoms with E-state index in [1.165, 1.54) is 19.3 Å². The van der Waals surface area contributed by atoms with E-state index in [0.717, 1.165) is 23.9 Å². The van der Waals surface area contributed by atoms with Crippen molar-refractivity contribution >= 4 is 0 Å². The number of hydrogen-bond donors (Lipinski definition) is 1. The highest BCUT2D eigenvalue weighted by Gasteiger charge is 2.22. The maximum Gasteiger partial charge on any atom is 0.120 e. The van der Waals surface area contributed by atoms with Gasteiger partial charge in [0.15, 0.2) is 0 Å². The zero-order chi connectivity index (χ0) is 9.26. The van der Waals surface area contributed by atoms with Crippen LogP contribution in [0.3, 0.4) is 0 Å². The highest BCUT2D eigenvalue weighted by Crippen LogP contribution is 2.35. The molecular formula is C11H17NO. The molecule has 2 nitrogen and oxygen atoms in total. The monoisotopic (exact) mass is 179 g/mol. The van der Waals surface area contributed by atoms with Gasteiger partial charge in [0, 0.05) is 0 Å². The lowest BCUT2D eigenvalue weighted by molar-refractivity contribution is 0.424. The lowest BCUT2D eigenvalue weighted by Crippen LogP contribution is -2.09. The quantitative estimate of drug-likeness (QED) is 0.772. The van der Waals surface area contributed by atoms with Gasteiger partial charge in [-0.25, -0.2) is 0 Å². The molecule has 0 bridgehead atoms. The molecule has 1 saturated carbocycles. The highest BCUT2D eigenvalue weighted by molar-refractivity contribution is 5.09. The lowest BCUT2D eigenvalue weighted by Gasteiger charge is -2.07. The zero-order valence-corrected chi connectivity index (χ0v) is 8.12. The van der Waals surface area contributed by atoms with Crippen LogP contribution in [0.4, 0.5) is 0 Å². The van der Waals surface area contributed by atoms with Crippen molar-refractivity contribution in [2.45, 2.75) is 38.6 Å². The first-order valence-corrected chi connectivity index (χ1v) is 5.07. The van der Waals surface area contributed by atoms with Gasteiger partial charge in [-0.05, 0) is 37.8 Å². The zero-order valence-electron chi connectivity index (χ0n) is 8.12. The molecule has 72 valence electrons. The Bertz CT molecular complexity index is 275. The molecule has 2 heteroatoms. The molecule has 2 rings (SSSR count). The Hall–Kier alpha value is -0.760. The summed E-state index contributed by atoms with van der Waals surface area (Å²) in [4.78, 5) is 0. The van der Waals surface area contributed by atoms with E-state index in [-0.39, 0.29) is 6.04 Å². The number of hydrogen-bond acceptors (Lipinski definition) is 2. The predicted octanol–water partition coefficient (Wildman–Crippen LogP) is 2.78. The summed E-state index contributed by atoms with van der Waals surface area (Å²) in [6, 6.07) is 4.08. The van der Waals surface area contributed by atoms with E-state index in [0.29, 0.717) is 0 Å². The molecule has 1 fully saturated rings. The molecular weight excluding hydrogens is 162 g/mol. The van der Waals surface area contributed by atoms with Gasteiger partial charge in [-0.2, -0.15) is 0 Å². The van der Waals surface area contributed by atoms with Crippen LogP contribution in [0.15, 0.2) is 16.5 Å². The molecule has 1 aromatic heterocycles. The molecule has 1 aliphatic carbocycles. The molecule has 13 heavy (non-hydrogen) atoms. The smallest absolute Gasteiger partial charge is 0.120 e. The van der Waals surface area contributed by atoms with Crippen molar-refractivity contribution in [3.8, 4) is 0 Å². The van der Waals surface area contributed by atoms with E-state index < -0.39 is 0 Å². The summed E-state index contributed by atoms with van der Waals surface area (Å²) in [6.07, 6.45) is 5.15. The number of furan rings is 1. The van der Waals surface area contributed by atoms with Gasteiger partial charge >= 0.3 is 0 Å².